The Morgan fingerprint density at radius 1 is 0.906 bits per heavy atom. The van der Waals surface area contributed by atoms with Crippen molar-refractivity contribution in [3.63, 3.8) is 0 Å². The molecule has 0 atom stereocenters. The third-order valence-corrected chi connectivity index (χ3v) is 6.49. The molecule has 166 valence electrons. The van der Waals surface area contributed by atoms with Gasteiger partial charge in [0.25, 0.3) is 11.8 Å². The van der Waals surface area contributed by atoms with Crippen molar-refractivity contribution in [2.24, 2.45) is 0 Å². The lowest BCUT2D eigenvalue weighted by Crippen LogP contribution is -2.43. The number of anilines is 1. The van der Waals surface area contributed by atoms with Crippen LogP contribution in [0, 0.1) is 0 Å². The normalized spacial score (nSPS) is 19.6. The number of rotatable bonds is 4. The fraction of sp³-hybridized carbons (Fsp3) is 0.360. The Bertz CT molecular complexity index is 1070. The Balaban J connectivity index is 1.55. The van der Waals surface area contributed by atoms with Crippen LogP contribution in [-0.2, 0) is 9.59 Å². The number of carbonyl (C=O) groups excluding carboxylic acids is 2. The van der Waals surface area contributed by atoms with Crippen molar-refractivity contribution in [2.75, 3.05) is 45.3 Å². The average molecular weight is 434 g/mol. The summed E-state index contributed by atoms with van der Waals surface area (Å²) < 4.78 is 11.3. The van der Waals surface area contributed by atoms with E-state index in [4.69, 9.17) is 9.47 Å². The molecule has 7 heteroatoms. The van der Waals surface area contributed by atoms with Crippen molar-refractivity contribution >= 4 is 23.1 Å². The van der Waals surface area contributed by atoms with Gasteiger partial charge in [-0.05, 0) is 50.7 Å². The molecule has 2 aromatic rings. The van der Waals surface area contributed by atoms with Crippen LogP contribution in [0.1, 0.15) is 18.4 Å². The Morgan fingerprint density at radius 2 is 1.59 bits per heavy atom. The smallest absolute Gasteiger partial charge is 0.282 e. The Hall–Kier alpha value is -3.32. The van der Waals surface area contributed by atoms with E-state index < -0.39 is 0 Å². The van der Waals surface area contributed by atoms with E-state index in [-0.39, 0.29) is 17.9 Å². The summed E-state index contributed by atoms with van der Waals surface area (Å²) in [5.74, 6) is 0.561. The highest BCUT2D eigenvalue weighted by Crippen LogP contribution is 2.39. The van der Waals surface area contributed by atoms with Gasteiger partial charge in [0, 0.05) is 19.2 Å². The number of benzene rings is 2. The second-order valence-corrected chi connectivity index (χ2v) is 8.51. The van der Waals surface area contributed by atoms with Crippen LogP contribution < -0.4 is 14.4 Å². The molecule has 0 unspecified atom stereocenters. The summed E-state index contributed by atoms with van der Waals surface area (Å²) in [4.78, 5) is 33.0. The number of likely N-dealkylation sites (tertiary alicyclic amines) is 1. The van der Waals surface area contributed by atoms with Crippen LogP contribution in [0.4, 0.5) is 5.69 Å². The average Bonchev–Trinajstić information content (AvgIpc) is 3.09. The van der Waals surface area contributed by atoms with Gasteiger partial charge in [-0.2, -0.15) is 0 Å². The maximum atomic E-state index is 13.7. The Morgan fingerprint density at radius 3 is 2.31 bits per heavy atom. The molecule has 3 heterocycles. The number of nitrogens with zero attached hydrogens (tertiary/aromatic N) is 3. The summed E-state index contributed by atoms with van der Waals surface area (Å²) in [7, 11) is 4.05. The molecule has 0 N–H and O–H groups in total. The van der Waals surface area contributed by atoms with Crippen molar-refractivity contribution in [1.82, 2.24) is 9.80 Å². The van der Waals surface area contributed by atoms with Crippen LogP contribution in [0.15, 0.2) is 54.2 Å². The van der Waals surface area contributed by atoms with Crippen molar-refractivity contribution in [3.8, 4) is 11.5 Å². The maximum absolute atomic E-state index is 13.7. The number of imide groups is 1. The summed E-state index contributed by atoms with van der Waals surface area (Å²) in [6.07, 6.45) is 1.90. The van der Waals surface area contributed by atoms with Crippen LogP contribution in [0.25, 0.3) is 5.57 Å². The van der Waals surface area contributed by atoms with E-state index in [0.717, 1.165) is 31.5 Å². The SMILES string of the molecule is CN1CCC(N(C)C2=C(c3ccccc3)C(=O)N(c3ccc4c(c3)OCCO4)C2=O)CC1. The highest BCUT2D eigenvalue weighted by molar-refractivity contribution is 6.45. The molecule has 0 radical (unpaired) electrons. The van der Waals surface area contributed by atoms with Crippen LogP contribution >= 0.6 is 0 Å². The molecule has 2 amide bonds. The Kier molecular flexibility index (Phi) is 5.35. The molecule has 1 saturated heterocycles. The molecule has 2 aromatic carbocycles. The standard InChI is InChI=1S/C25H27N3O4/c1-26-12-10-18(11-13-26)27(2)23-22(17-6-4-3-5-7-17)24(29)28(25(23)30)19-8-9-20-21(16-19)32-15-14-31-20/h3-9,16,18H,10-15H2,1-2H3. The van der Waals surface area contributed by atoms with Crippen molar-refractivity contribution in [2.45, 2.75) is 18.9 Å². The third kappa shape index (κ3) is 3.52. The zero-order valence-electron chi connectivity index (χ0n) is 18.4. The first-order chi connectivity index (χ1) is 15.5. The third-order valence-electron chi connectivity index (χ3n) is 6.49. The molecule has 1 fully saturated rings. The first-order valence-electron chi connectivity index (χ1n) is 11.0. The van der Waals surface area contributed by atoms with Gasteiger partial charge in [0.1, 0.15) is 18.9 Å². The molecular weight excluding hydrogens is 406 g/mol. The van der Waals surface area contributed by atoms with Crippen LogP contribution in [0.2, 0.25) is 0 Å². The monoisotopic (exact) mass is 433 g/mol. The summed E-state index contributed by atoms with van der Waals surface area (Å²) in [6.45, 7) is 2.86. The zero-order valence-corrected chi connectivity index (χ0v) is 18.4. The molecule has 0 aromatic heterocycles. The quantitative estimate of drug-likeness (QED) is 0.691. The molecule has 0 saturated carbocycles. The van der Waals surface area contributed by atoms with Gasteiger partial charge >= 0.3 is 0 Å². The van der Waals surface area contributed by atoms with Crippen LogP contribution in [0.5, 0.6) is 11.5 Å². The molecule has 0 bridgehead atoms. The van der Waals surface area contributed by atoms with E-state index in [0.29, 0.717) is 41.7 Å². The number of likely N-dealkylation sites (N-methyl/N-ethyl adjacent to an activating group) is 1. The number of fused-ring (bicyclic) bond motifs is 1. The second-order valence-electron chi connectivity index (χ2n) is 8.51. The first kappa shape index (κ1) is 20.6. The predicted molar refractivity (Wildman–Crippen MR) is 122 cm³/mol. The Labute approximate surface area is 187 Å². The number of carbonyl (C=O) groups is 2. The zero-order chi connectivity index (χ0) is 22.2. The summed E-state index contributed by atoms with van der Waals surface area (Å²) >= 11 is 0. The van der Waals surface area contributed by atoms with Gasteiger partial charge < -0.3 is 19.3 Å². The van der Waals surface area contributed by atoms with Gasteiger partial charge in [0.05, 0.1) is 11.3 Å². The number of hydrogen-bond acceptors (Lipinski definition) is 6. The summed E-state index contributed by atoms with van der Waals surface area (Å²) in [6, 6.07) is 14.9. The molecule has 0 spiro atoms. The van der Waals surface area contributed by atoms with E-state index in [2.05, 4.69) is 11.9 Å². The molecule has 32 heavy (non-hydrogen) atoms. The highest BCUT2D eigenvalue weighted by atomic mass is 16.6. The summed E-state index contributed by atoms with van der Waals surface area (Å²) in [5.41, 5.74) is 2.16. The molecule has 5 rings (SSSR count). The predicted octanol–water partition coefficient (Wildman–Crippen LogP) is 2.77. The lowest BCUT2D eigenvalue weighted by molar-refractivity contribution is -0.120. The fourth-order valence-electron chi connectivity index (χ4n) is 4.68. The van der Waals surface area contributed by atoms with E-state index >= 15 is 0 Å². The van der Waals surface area contributed by atoms with Crippen LogP contribution in [0.3, 0.4) is 0 Å². The van der Waals surface area contributed by atoms with Gasteiger partial charge in [-0.1, -0.05) is 30.3 Å². The molecule has 7 nitrogen and oxygen atoms in total. The molecular formula is C25H27N3O4. The largest absolute Gasteiger partial charge is 0.486 e. The minimum absolute atomic E-state index is 0.205. The number of ether oxygens (including phenoxy) is 2. The minimum atomic E-state index is -0.312. The topological polar surface area (TPSA) is 62.3 Å². The van der Waals surface area contributed by atoms with E-state index in [1.807, 2.05) is 42.3 Å². The van der Waals surface area contributed by atoms with Crippen molar-refractivity contribution < 1.29 is 19.1 Å². The number of hydrogen-bond donors (Lipinski definition) is 0. The summed E-state index contributed by atoms with van der Waals surface area (Å²) in [5, 5.41) is 0. The second kappa shape index (κ2) is 8.31. The van der Waals surface area contributed by atoms with Gasteiger partial charge in [-0.25, -0.2) is 4.90 Å². The van der Waals surface area contributed by atoms with Gasteiger partial charge in [0.2, 0.25) is 0 Å². The van der Waals surface area contributed by atoms with Gasteiger partial charge in [-0.15, -0.1) is 0 Å². The lowest BCUT2D eigenvalue weighted by Gasteiger charge is -2.36. The molecule has 0 aliphatic carbocycles. The number of piperidine rings is 1. The van der Waals surface area contributed by atoms with Crippen molar-refractivity contribution in [3.05, 3.63) is 59.8 Å². The van der Waals surface area contributed by atoms with Crippen molar-refractivity contribution in [1.29, 1.82) is 0 Å². The number of amides is 2. The van der Waals surface area contributed by atoms with Gasteiger partial charge in [0.15, 0.2) is 11.5 Å². The lowest BCUT2D eigenvalue weighted by atomic mass is 10.0. The molecule has 3 aliphatic heterocycles. The van der Waals surface area contributed by atoms with Crippen LogP contribution in [-0.4, -0.2) is 68.1 Å². The van der Waals surface area contributed by atoms with E-state index in [1.54, 1.807) is 18.2 Å². The van der Waals surface area contributed by atoms with E-state index in [1.165, 1.54) is 4.90 Å². The minimum Gasteiger partial charge on any atom is -0.486 e. The van der Waals surface area contributed by atoms with E-state index in [9.17, 15) is 9.59 Å². The van der Waals surface area contributed by atoms with Gasteiger partial charge in [-0.3, -0.25) is 9.59 Å². The molecule has 3 aliphatic rings. The fourth-order valence-corrected chi connectivity index (χ4v) is 4.68. The maximum Gasteiger partial charge on any atom is 0.282 e. The first-order valence-corrected chi connectivity index (χ1v) is 11.0. The highest BCUT2D eigenvalue weighted by Gasteiger charge is 2.43.